The largest absolute Gasteiger partial charge is 0.478 e. The van der Waals surface area contributed by atoms with Crippen LogP contribution in [0.25, 0.3) is 0 Å². The fourth-order valence-electron chi connectivity index (χ4n) is 3.73. The minimum atomic E-state index is -0.912. The molecule has 0 amide bonds. The molecular weight excluding hydrogens is 629 g/mol. The molecule has 0 saturated carbocycles. The van der Waals surface area contributed by atoms with E-state index in [2.05, 4.69) is 36.1 Å². The number of aliphatic hydroxyl groups excluding tert-OH is 1. The normalized spacial score (nSPS) is 7.94. The zero-order valence-corrected chi connectivity index (χ0v) is 36.6. The van der Waals surface area contributed by atoms with E-state index < -0.39 is 5.97 Å². The van der Waals surface area contributed by atoms with Crippen molar-refractivity contribution in [2.24, 2.45) is 0 Å². The van der Waals surface area contributed by atoms with Gasteiger partial charge in [0.25, 0.3) is 0 Å². The van der Waals surface area contributed by atoms with E-state index in [4.69, 9.17) is 0 Å². The molecule has 5 heteroatoms. The number of aryl methyl sites for hydroxylation is 2. The van der Waals surface area contributed by atoms with Gasteiger partial charge in [-0.25, -0.2) is 4.79 Å². The summed E-state index contributed by atoms with van der Waals surface area (Å²) < 4.78 is 0. The highest BCUT2D eigenvalue weighted by Gasteiger charge is 2.13. The lowest BCUT2D eigenvalue weighted by molar-refractivity contribution is 0.0697. The molecule has 2 N–H and O–H groups in total. The van der Waals surface area contributed by atoms with Crippen molar-refractivity contribution in [3.8, 4) is 0 Å². The lowest BCUT2D eigenvalue weighted by Crippen LogP contribution is -2.13. The van der Waals surface area contributed by atoms with Crippen molar-refractivity contribution in [1.82, 2.24) is 0 Å². The van der Waals surface area contributed by atoms with Crippen LogP contribution >= 0.6 is 0 Å². The minimum Gasteiger partial charge on any atom is -0.478 e. The van der Waals surface area contributed by atoms with Gasteiger partial charge in [0.15, 0.2) is 0 Å². The topological polar surface area (TPSA) is 64.0 Å². The number of aromatic carboxylic acids is 1. The fraction of sp³-hybridized carbons (Fsp3) is 0.457. The zero-order chi connectivity index (χ0) is 41.4. The van der Waals surface area contributed by atoms with Crippen LogP contribution in [0.3, 0.4) is 0 Å². The number of aliphatic hydroxyl groups is 1. The lowest BCUT2D eigenvalue weighted by atomic mass is 10.1. The Morgan fingerprint density at radius 3 is 1.10 bits per heavy atom. The first kappa shape index (κ1) is 59.1. The molecule has 0 atom stereocenters. The van der Waals surface area contributed by atoms with Gasteiger partial charge in [-0.2, -0.15) is 0 Å². The molecule has 0 saturated heterocycles. The molecule has 0 heterocycles. The molecule has 51 heavy (non-hydrogen) atoms. The third-order valence-electron chi connectivity index (χ3n) is 5.86. The highest BCUT2D eigenvalue weighted by atomic mass is 16.4. The Kier molecular flexibility index (Phi) is 50.9. The number of carboxylic acid groups (broad SMARTS) is 1. The summed E-state index contributed by atoms with van der Waals surface area (Å²) in [6.07, 6.45) is 0. The molecule has 0 unspecified atom stereocenters. The highest BCUT2D eigenvalue weighted by molar-refractivity contribution is 5.95. The van der Waals surface area contributed by atoms with Crippen LogP contribution in [0.2, 0.25) is 0 Å². The summed E-state index contributed by atoms with van der Waals surface area (Å²) in [5.41, 5.74) is 7.49. The Labute approximate surface area is 317 Å². The number of benzene rings is 4. The molecule has 0 aliphatic carbocycles. The second-order valence-corrected chi connectivity index (χ2v) is 8.40. The van der Waals surface area contributed by atoms with Gasteiger partial charge in [-0.1, -0.05) is 177 Å². The molecule has 0 fully saturated rings. The van der Waals surface area contributed by atoms with Crippen molar-refractivity contribution in [3.63, 3.8) is 0 Å². The maximum atomic E-state index is 11.2. The first-order valence-electron chi connectivity index (χ1n) is 19.4. The third-order valence-corrected chi connectivity index (χ3v) is 5.86. The molecule has 5 nitrogen and oxygen atoms in total. The van der Waals surface area contributed by atoms with E-state index in [-0.39, 0.29) is 6.61 Å². The molecular formula is C46H80N2O3. The van der Waals surface area contributed by atoms with E-state index in [9.17, 15) is 15.0 Å². The number of carbonyl (C=O) groups is 1. The van der Waals surface area contributed by atoms with Gasteiger partial charge in [-0.3, -0.25) is 0 Å². The summed E-state index contributed by atoms with van der Waals surface area (Å²) in [6, 6.07) is 31.2. The van der Waals surface area contributed by atoms with E-state index in [1.54, 1.807) is 12.1 Å². The number of hydrogen-bond acceptors (Lipinski definition) is 4. The van der Waals surface area contributed by atoms with Gasteiger partial charge in [0, 0.05) is 36.7 Å². The summed E-state index contributed by atoms with van der Waals surface area (Å²) in [5.74, 6) is -0.912. The van der Waals surface area contributed by atoms with Gasteiger partial charge in [0.05, 0.1) is 17.9 Å². The Morgan fingerprint density at radius 1 is 0.471 bits per heavy atom. The van der Waals surface area contributed by atoms with Crippen molar-refractivity contribution in [2.75, 3.05) is 23.9 Å². The zero-order valence-electron chi connectivity index (χ0n) is 36.6. The SMILES string of the molecule is CC.CC.CC.CC.CC.CC.CC.CC.Cc1ccc(N(C)c2ccccc2C(=O)O)cc1.Cc1ccc(N(C)c2ccccc2CO)cc1. The summed E-state index contributed by atoms with van der Waals surface area (Å²) in [4.78, 5) is 15.2. The minimum absolute atomic E-state index is 0.0619. The lowest BCUT2D eigenvalue weighted by Gasteiger charge is -2.22. The van der Waals surface area contributed by atoms with E-state index in [0.29, 0.717) is 11.3 Å². The van der Waals surface area contributed by atoms with Crippen LogP contribution in [0.15, 0.2) is 97.1 Å². The Morgan fingerprint density at radius 2 is 0.765 bits per heavy atom. The Balaban J connectivity index is -0.000000143. The van der Waals surface area contributed by atoms with Crippen molar-refractivity contribution in [1.29, 1.82) is 0 Å². The number of carboxylic acids is 1. The molecule has 0 aromatic heterocycles. The summed E-state index contributed by atoms with van der Waals surface area (Å²) in [6.45, 7) is 36.2. The van der Waals surface area contributed by atoms with Crippen LogP contribution in [0.4, 0.5) is 22.7 Å². The number of hydrogen-bond donors (Lipinski definition) is 2. The molecule has 0 bridgehead atoms. The average molecular weight is 709 g/mol. The monoisotopic (exact) mass is 709 g/mol. The highest BCUT2D eigenvalue weighted by Crippen LogP contribution is 2.28. The molecule has 4 aromatic carbocycles. The van der Waals surface area contributed by atoms with Crippen LogP contribution in [-0.2, 0) is 6.61 Å². The van der Waals surface area contributed by atoms with E-state index in [1.807, 2.05) is 197 Å². The standard InChI is InChI=1S/C15H15NO2.C15H17NO.8C2H6/c1-11-7-9-12(10-8-11)16(2)14-6-4-3-5-13(14)15(17)18;1-12-7-9-14(10-8-12)16(2)15-6-4-3-5-13(15)11-17;8*1-2/h3-10H,1-2H3,(H,17,18);3-10,17H,11H2,1-2H3;8*1-2H3. The van der Waals surface area contributed by atoms with Gasteiger partial charge in [0.2, 0.25) is 0 Å². The number of rotatable bonds is 6. The van der Waals surface area contributed by atoms with Gasteiger partial charge >= 0.3 is 5.97 Å². The predicted octanol–water partition coefficient (Wildman–Crippen LogP) is 14.9. The molecule has 0 aliphatic rings. The second kappa shape index (κ2) is 43.9. The maximum absolute atomic E-state index is 11.2. The first-order chi connectivity index (χ1) is 24.8. The average Bonchev–Trinajstić information content (AvgIpc) is 3.24. The van der Waals surface area contributed by atoms with Crippen LogP contribution in [0.5, 0.6) is 0 Å². The predicted molar refractivity (Wildman–Crippen MR) is 235 cm³/mol. The smallest absolute Gasteiger partial charge is 0.337 e. The van der Waals surface area contributed by atoms with Crippen LogP contribution in [-0.4, -0.2) is 30.3 Å². The third kappa shape index (κ3) is 24.7. The Bertz CT molecular complexity index is 1250. The van der Waals surface area contributed by atoms with E-state index in [1.165, 1.54) is 11.1 Å². The second-order valence-electron chi connectivity index (χ2n) is 8.40. The summed E-state index contributed by atoms with van der Waals surface area (Å²) in [5, 5.41) is 18.5. The van der Waals surface area contributed by atoms with Gasteiger partial charge in [-0.15, -0.1) is 0 Å². The van der Waals surface area contributed by atoms with Crippen molar-refractivity contribution in [3.05, 3.63) is 119 Å². The van der Waals surface area contributed by atoms with Crippen molar-refractivity contribution < 1.29 is 15.0 Å². The summed E-state index contributed by atoms with van der Waals surface area (Å²) in [7, 11) is 3.88. The number of anilines is 4. The van der Waals surface area contributed by atoms with Gasteiger partial charge in [0.1, 0.15) is 0 Å². The van der Waals surface area contributed by atoms with Crippen LogP contribution in [0, 0.1) is 13.8 Å². The summed E-state index contributed by atoms with van der Waals surface area (Å²) >= 11 is 0. The Hall–Kier alpha value is -4.09. The van der Waals surface area contributed by atoms with Crippen LogP contribution in [0.1, 0.15) is 138 Å². The molecule has 4 rings (SSSR count). The van der Waals surface area contributed by atoms with Crippen molar-refractivity contribution >= 4 is 28.7 Å². The number of nitrogens with zero attached hydrogens (tertiary/aromatic N) is 2. The molecule has 4 aromatic rings. The van der Waals surface area contributed by atoms with Gasteiger partial charge < -0.3 is 20.0 Å². The molecule has 0 aliphatic heterocycles. The first-order valence-corrected chi connectivity index (χ1v) is 19.4. The van der Waals surface area contributed by atoms with Crippen molar-refractivity contribution in [2.45, 2.75) is 131 Å². The van der Waals surface area contributed by atoms with Gasteiger partial charge in [-0.05, 0) is 56.3 Å². The molecule has 292 valence electrons. The van der Waals surface area contributed by atoms with Crippen LogP contribution < -0.4 is 9.80 Å². The van der Waals surface area contributed by atoms with E-state index >= 15 is 0 Å². The van der Waals surface area contributed by atoms with E-state index in [0.717, 1.165) is 22.6 Å². The maximum Gasteiger partial charge on any atom is 0.337 e. The quantitative estimate of drug-likeness (QED) is 0.209. The number of para-hydroxylation sites is 2. The fourth-order valence-corrected chi connectivity index (χ4v) is 3.73. The molecule has 0 radical (unpaired) electrons. The molecule has 0 spiro atoms.